The average Bonchev–Trinajstić information content (AvgIpc) is 2.74. The maximum atomic E-state index is 12.2. The summed E-state index contributed by atoms with van der Waals surface area (Å²) in [4.78, 5) is 24.4. The molecule has 1 aliphatic heterocycles. The zero-order valence-corrected chi connectivity index (χ0v) is 12.8. The first-order valence-corrected chi connectivity index (χ1v) is 8.78. The van der Waals surface area contributed by atoms with Crippen LogP contribution in [0, 0.1) is 0 Å². The van der Waals surface area contributed by atoms with Crippen molar-refractivity contribution in [1.29, 1.82) is 0 Å². The molecule has 0 bridgehead atoms. The van der Waals surface area contributed by atoms with Gasteiger partial charge in [-0.3, -0.25) is 4.79 Å². The van der Waals surface area contributed by atoms with Crippen molar-refractivity contribution in [2.75, 3.05) is 18.1 Å². The van der Waals surface area contributed by atoms with Gasteiger partial charge in [-0.25, -0.2) is 13.2 Å². The molecule has 2 rings (SSSR count). The second-order valence-corrected chi connectivity index (χ2v) is 8.63. The number of carboxylic acids is 1. The van der Waals surface area contributed by atoms with Crippen molar-refractivity contribution < 1.29 is 23.1 Å². The molecule has 6 nitrogen and oxygen atoms in total. The molecule has 1 aliphatic rings. The highest BCUT2D eigenvalue weighted by molar-refractivity contribution is 9.11. The zero-order valence-electron chi connectivity index (χ0n) is 9.58. The van der Waals surface area contributed by atoms with Gasteiger partial charge in [-0.2, -0.15) is 0 Å². The maximum Gasteiger partial charge on any atom is 0.327 e. The van der Waals surface area contributed by atoms with Crippen molar-refractivity contribution in [1.82, 2.24) is 4.90 Å². The van der Waals surface area contributed by atoms with Crippen LogP contribution in [0.25, 0.3) is 0 Å². The summed E-state index contributed by atoms with van der Waals surface area (Å²) in [6, 6.07) is 0.277. The number of thiophene rings is 1. The highest BCUT2D eigenvalue weighted by Gasteiger charge is 2.39. The lowest BCUT2D eigenvalue weighted by Crippen LogP contribution is -2.54. The Hall–Kier alpha value is -0.930. The smallest absolute Gasteiger partial charge is 0.327 e. The number of hydrogen-bond donors (Lipinski definition) is 1. The summed E-state index contributed by atoms with van der Waals surface area (Å²) < 4.78 is 23.7. The molecule has 0 aliphatic carbocycles. The van der Waals surface area contributed by atoms with Gasteiger partial charge in [0.05, 0.1) is 20.9 Å². The van der Waals surface area contributed by atoms with Crippen LogP contribution in [0.5, 0.6) is 0 Å². The molecule has 0 radical (unpaired) electrons. The van der Waals surface area contributed by atoms with Crippen LogP contribution in [0.4, 0.5) is 0 Å². The predicted molar refractivity (Wildman–Crippen MR) is 73.1 cm³/mol. The molecule has 1 atom stereocenters. The molecule has 0 aromatic carbocycles. The number of carboxylic acid groups (broad SMARTS) is 1. The monoisotopic (exact) mass is 367 g/mol. The molecule has 2 heterocycles. The SMILES string of the molecule is O=C(O)C1CS(=O)(=O)CCN1C(=O)c1csc(Br)c1. The van der Waals surface area contributed by atoms with Gasteiger partial charge in [0.2, 0.25) is 0 Å². The number of hydrogen-bond acceptors (Lipinski definition) is 5. The number of halogens is 1. The summed E-state index contributed by atoms with van der Waals surface area (Å²) in [6.07, 6.45) is 0. The Balaban J connectivity index is 2.27. The first-order chi connectivity index (χ1) is 8.80. The number of sulfone groups is 1. The Bertz CT molecular complexity index is 624. The molecule has 1 saturated heterocycles. The molecular weight excluding hydrogens is 358 g/mol. The first-order valence-electron chi connectivity index (χ1n) is 5.28. The van der Waals surface area contributed by atoms with Gasteiger partial charge in [0.1, 0.15) is 6.04 Å². The van der Waals surface area contributed by atoms with Crippen molar-refractivity contribution >= 4 is 49.0 Å². The Labute approximate surface area is 122 Å². The molecule has 0 spiro atoms. The van der Waals surface area contributed by atoms with E-state index in [2.05, 4.69) is 15.9 Å². The van der Waals surface area contributed by atoms with E-state index in [4.69, 9.17) is 5.11 Å². The third-order valence-electron chi connectivity index (χ3n) is 2.79. The molecule has 1 unspecified atom stereocenters. The van der Waals surface area contributed by atoms with Crippen LogP contribution in [0.1, 0.15) is 10.4 Å². The fraction of sp³-hybridized carbons (Fsp3) is 0.400. The van der Waals surface area contributed by atoms with Gasteiger partial charge in [-0.05, 0) is 22.0 Å². The number of carbonyl (C=O) groups is 2. The van der Waals surface area contributed by atoms with Crippen LogP contribution >= 0.6 is 27.3 Å². The van der Waals surface area contributed by atoms with E-state index in [1.54, 1.807) is 11.4 Å². The minimum atomic E-state index is -3.40. The molecule has 1 aromatic rings. The lowest BCUT2D eigenvalue weighted by molar-refractivity contribution is -0.141. The van der Waals surface area contributed by atoms with E-state index in [0.717, 1.165) is 8.69 Å². The summed E-state index contributed by atoms with van der Waals surface area (Å²) in [5, 5.41) is 10.7. The molecule has 19 heavy (non-hydrogen) atoms. The first kappa shape index (κ1) is 14.5. The van der Waals surface area contributed by atoms with Gasteiger partial charge in [-0.1, -0.05) is 0 Å². The number of amides is 1. The summed E-state index contributed by atoms with van der Waals surface area (Å²) >= 11 is 4.53. The fourth-order valence-electron chi connectivity index (χ4n) is 1.84. The molecule has 1 N–H and O–H groups in total. The third-order valence-corrected chi connectivity index (χ3v) is 5.92. The van der Waals surface area contributed by atoms with Gasteiger partial charge in [-0.15, -0.1) is 11.3 Å². The van der Waals surface area contributed by atoms with Crippen LogP contribution in [-0.2, 0) is 14.6 Å². The van der Waals surface area contributed by atoms with Gasteiger partial charge in [0.25, 0.3) is 5.91 Å². The van der Waals surface area contributed by atoms with Crippen LogP contribution in [0.2, 0.25) is 0 Å². The minimum absolute atomic E-state index is 0.0917. The van der Waals surface area contributed by atoms with Crippen molar-refractivity contribution in [2.45, 2.75) is 6.04 Å². The van der Waals surface area contributed by atoms with Gasteiger partial charge < -0.3 is 10.0 Å². The minimum Gasteiger partial charge on any atom is -0.480 e. The summed E-state index contributed by atoms with van der Waals surface area (Å²) in [5.74, 6) is -2.48. The highest BCUT2D eigenvalue weighted by atomic mass is 79.9. The lowest BCUT2D eigenvalue weighted by Gasteiger charge is -2.32. The van der Waals surface area contributed by atoms with E-state index in [9.17, 15) is 18.0 Å². The van der Waals surface area contributed by atoms with Crippen LogP contribution in [0.15, 0.2) is 15.2 Å². The Morgan fingerprint density at radius 2 is 2.16 bits per heavy atom. The molecule has 1 aromatic heterocycles. The van der Waals surface area contributed by atoms with E-state index in [1.807, 2.05) is 0 Å². The topological polar surface area (TPSA) is 91.8 Å². The Morgan fingerprint density at radius 3 is 2.68 bits per heavy atom. The van der Waals surface area contributed by atoms with E-state index < -0.39 is 33.5 Å². The molecule has 1 amide bonds. The summed E-state index contributed by atoms with van der Waals surface area (Å²) in [5.41, 5.74) is 0.363. The van der Waals surface area contributed by atoms with Gasteiger partial charge in [0.15, 0.2) is 9.84 Å². The van der Waals surface area contributed by atoms with Crippen LogP contribution < -0.4 is 0 Å². The van der Waals surface area contributed by atoms with E-state index in [0.29, 0.717) is 5.56 Å². The molecule has 104 valence electrons. The number of nitrogens with zero attached hydrogens (tertiary/aromatic N) is 1. The number of carbonyl (C=O) groups excluding carboxylic acids is 1. The van der Waals surface area contributed by atoms with Crippen LogP contribution in [-0.4, -0.2) is 54.4 Å². The largest absolute Gasteiger partial charge is 0.480 e. The third kappa shape index (κ3) is 3.15. The van der Waals surface area contributed by atoms with Crippen molar-refractivity contribution in [3.05, 3.63) is 20.8 Å². The van der Waals surface area contributed by atoms with E-state index in [1.165, 1.54) is 11.3 Å². The average molecular weight is 368 g/mol. The highest BCUT2D eigenvalue weighted by Crippen LogP contribution is 2.23. The number of rotatable bonds is 2. The van der Waals surface area contributed by atoms with E-state index in [-0.39, 0.29) is 12.3 Å². The normalized spacial score (nSPS) is 22.2. The molecule has 0 saturated carbocycles. The zero-order chi connectivity index (χ0) is 14.2. The number of aliphatic carboxylic acids is 1. The summed E-state index contributed by atoms with van der Waals surface area (Å²) in [6.45, 7) is -0.0917. The second-order valence-electron chi connectivity index (χ2n) is 4.11. The van der Waals surface area contributed by atoms with Gasteiger partial charge >= 0.3 is 5.97 Å². The maximum absolute atomic E-state index is 12.2. The fourth-order valence-corrected chi connectivity index (χ4v) is 4.42. The Morgan fingerprint density at radius 1 is 1.47 bits per heavy atom. The second kappa shape index (κ2) is 5.22. The molecular formula is C10H10BrNO5S2. The van der Waals surface area contributed by atoms with Crippen molar-refractivity contribution in [3.8, 4) is 0 Å². The molecule has 1 fully saturated rings. The van der Waals surface area contributed by atoms with E-state index >= 15 is 0 Å². The molecule has 9 heteroatoms. The van der Waals surface area contributed by atoms with Crippen molar-refractivity contribution in [2.24, 2.45) is 0 Å². The van der Waals surface area contributed by atoms with Gasteiger partial charge in [0, 0.05) is 11.9 Å². The summed E-state index contributed by atoms with van der Waals surface area (Å²) in [7, 11) is -3.40. The standard InChI is InChI=1S/C10H10BrNO5S2/c11-8-3-6(4-18-8)9(13)12-1-2-19(16,17)5-7(12)10(14)15/h3-4,7H,1-2,5H2,(H,14,15). The van der Waals surface area contributed by atoms with Crippen LogP contribution in [0.3, 0.4) is 0 Å². The predicted octanol–water partition coefficient (Wildman–Crippen LogP) is 0.834. The lowest BCUT2D eigenvalue weighted by atomic mass is 10.2. The van der Waals surface area contributed by atoms with Crippen molar-refractivity contribution in [3.63, 3.8) is 0 Å². The quantitative estimate of drug-likeness (QED) is 0.835. The Kier molecular flexibility index (Phi) is 3.98.